The third kappa shape index (κ3) is 2.48. The Balaban J connectivity index is 2.50. The molecule has 0 aliphatic carbocycles. The van der Waals surface area contributed by atoms with Crippen molar-refractivity contribution in [1.82, 2.24) is 4.72 Å². The summed E-state index contributed by atoms with van der Waals surface area (Å²) in [4.78, 5) is 4.47. The Morgan fingerprint density at radius 3 is 2.67 bits per heavy atom. The van der Waals surface area contributed by atoms with Crippen LogP contribution in [0.4, 0.5) is 5.69 Å². The Morgan fingerprint density at radius 2 is 2.06 bits per heavy atom. The smallest absolute Gasteiger partial charge is 0.266 e. The molecule has 0 saturated heterocycles. The molecule has 0 amide bonds. The van der Waals surface area contributed by atoms with Crippen molar-refractivity contribution in [1.29, 1.82) is 0 Å². The number of guanidine groups is 1. The van der Waals surface area contributed by atoms with Gasteiger partial charge in [0.05, 0.1) is 5.69 Å². The van der Waals surface area contributed by atoms with Gasteiger partial charge in [-0.2, -0.15) is 0 Å². The Hall–Kier alpha value is -1.56. The normalized spacial score (nSPS) is 19.2. The topological polar surface area (TPSA) is 70.6 Å². The standard InChI is InChI=1S/C12H17N3O2S/c1-4-9-5-6-10-11(7-9)18(16,17)15-12(14-10)13-8(2)3/h5-8H,4H2,1-3H3,(H2,13,14,15). The average Bonchev–Trinajstić information content (AvgIpc) is 2.27. The fourth-order valence-electron chi connectivity index (χ4n) is 1.76. The average molecular weight is 267 g/mol. The van der Waals surface area contributed by atoms with E-state index >= 15 is 0 Å². The Morgan fingerprint density at radius 1 is 1.33 bits per heavy atom. The molecule has 6 heteroatoms. The lowest BCUT2D eigenvalue weighted by atomic mass is 10.1. The zero-order chi connectivity index (χ0) is 13.3. The second kappa shape index (κ2) is 4.61. The summed E-state index contributed by atoms with van der Waals surface area (Å²) in [5, 5.41) is 2.99. The summed E-state index contributed by atoms with van der Waals surface area (Å²) >= 11 is 0. The van der Waals surface area contributed by atoms with Crippen LogP contribution in [0.5, 0.6) is 0 Å². The molecule has 2 N–H and O–H groups in total. The molecule has 1 heterocycles. The number of aliphatic imine (C=N–C) groups is 1. The van der Waals surface area contributed by atoms with Gasteiger partial charge in [-0.3, -0.25) is 0 Å². The summed E-state index contributed by atoms with van der Waals surface area (Å²) in [6.45, 7) is 5.76. The Labute approximate surface area is 107 Å². The van der Waals surface area contributed by atoms with E-state index in [-0.39, 0.29) is 16.9 Å². The summed E-state index contributed by atoms with van der Waals surface area (Å²) in [5.41, 5.74) is 1.57. The molecular formula is C12H17N3O2S. The molecule has 1 aromatic rings. The molecule has 0 radical (unpaired) electrons. The third-order valence-corrected chi connectivity index (χ3v) is 3.99. The summed E-state index contributed by atoms with van der Waals surface area (Å²) in [6, 6.07) is 5.41. The molecule has 0 atom stereocenters. The largest absolute Gasteiger partial charge is 0.324 e. The number of sulfonamides is 1. The quantitative estimate of drug-likeness (QED) is 0.857. The molecule has 1 aliphatic rings. The van der Waals surface area contributed by atoms with Crippen molar-refractivity contribution in [2.75, 3.05) is 5.32 Å². The monoisotopic (exact) mass is 267 g/mol. The molecule has 0 aromatic heterocycles. The van der Waals surface area contributed by atoms with Gasteiger partial charge in [0.25, 0.3) is 10.0 Å². The molecule has 18 heavy (non-hydrogen) atoms. The van der Waals surface area contributed by atoms with Gasteiger partial charge in [-0.25, -0.2) is 18.1 Å². The lowest BCUT2D eigenvalue weighted by Crippen LogP contribution is -2.41. The molecule has 0 fully saturated rings. The summed E-state index contributed by atoms with van der Waals surface area (Å²) < 4.78 is 26.6. The lowest BCUT2D eigenvalue weighted by Gasteiger charge is -2.22. The fraction of sp³-hybridized carbons (Fsp3) is 0.417. The molecule has 5 nitrogen and oxygen atoms in total. The zero-order valence-corrected chi connectivity index (χ0v) is 11.5. The van der Waals surface area contributed by atoms with Gasteiger partial charge in [-0.1, -0.05) is 13.0 Å². The highest BCUT2D eigenvalue weighted by Crippen LogP contribution is 2.26. The number of benzene rings is 1. The maximum absolute atomic E-state index is 12.1. The van der Waals surface area contributed by atoms with Crippen LogP contribution >= 0.6 is 0 Å². The predicted molar refractivity (Wildman–Crippen MR) is 72.3 cm³/mol. The minimum Gasteiger partial charge on any atom is -0.324 e. The van der Waals surface area contributed by atoms with Gasteiger partial charge in [-0.15, -0.1) is 0 Å². The van der Waals surface area contributed by atoms with E-state index in [1.807, 2.05) is 26.8 Å². The van der Waals surface area contributed by atoms with E-state index in [2.05, 4.69) is 15.0 Å². The van der Waals surface area contributed by atoms with Gasteiger partial charge in [0, 0.05) is 6.04 Å². The van der Waals surface area contributed by atoms with Gasteiger partial charge in [-0.05, 0) is 38.0 Å². The van der Waals surface area contributed by atoms with E-state index < -0.39 is 10.0 Å². The van der Waals surface area contributed by atoms with E-state index in [0.717, 1.165) is 12.0 Å². The number of fused-ring (bicyclic) bond motifs is 1. The number of nitrogens with one attached hydrogen (secondary N) is 2. The van der Waals surface area contributed by atoms with E-state index in [1.165, 1.54) is 0 Å². The second-order valence-corrected chi connectivity index (χ2v) is 6.14. The second-order valence-electron chi connectivity index (χ2n) is 4.49. The number of anilines is 1. The van der Waals surface area contributed by atoms with Gasteiger partial charge < -0.3 is 5.32 Å². The first-order valence-electron chi connectivity index (χ1n) is 5.93. The van der Waals surface area contributed by atoms with Crippen LogP contribution in [0, 0.1) is 0 Å². The first kappa shape index (κ1) is 12.9. The highest BCUT2D eigenvalue weighted by molar-refractivity contribution is 7.90. The predicted octanol–water partition coefficient (Wildman–Crippen LogP) is 1.72. The van der Waals surface area contributed by atoms with E-state index in [1.54, 1.807) is 12.1 Å². The summed E-state index contributed by atoms with van der Waals surface area (Å²) in [7, 11) is -3.51. The maximum atomic E-state index is 12.1. The minimum atomic E-state index is -3.51. The van der Waals surface area contributed by atoms with Gasteiger partial charge in [0.2, 0.25) is 5.96 Å². The number of aryl methyl sites for hydroxylation is 1. The van der Waals surface area contributed by atoms with Gasteiger partial charge >= 0.3 is 0 Å². The minimum absolute atomic E-state index is 0.0201. The van der Waals surface area contributed by atoms with Crippen LogP contribution in [-0.2, 0) is 16.4 Å². The number of nitrogens with zero attached hydrogens (tertiary/aromatic N) is 1. The van der Waals surface area contributed by atoms with Crippen molar-refractivity contribution in [2.45, 2.75) is 38.1 Å². The van der Waals surface area contributed by atoms with Crippen LogP contribution in [-0.4, -0.2) is 20.4 Å². The molecular weight excluding hydrogens is 250 g/mol. The van der Waals surface area contributed by atoms with Crippen LogP contribution in [0.2, 0.25) is 0 Å². The van der Waals surface area contributed by atoms with Crippen molar-refractivity contribution in [2.24, 2.45) is 4.99 Å². The van der Waals surface area contributed by atoms with Crippen molar-refractivity contribution in [3.8, 4) is 0 Å². The van der Waals surface area contributed by atoms with Gasteiger partial charge in [0.1, 0.15) is 4.90 Å². The molecule has 2 rings (SSSR count). The summed E-state index contributed by atoms with van der Waals surface area (Å²) in [6.07, 6.45) is 0.801. The molecule has 98 valence electrons. The zero-order valence-electron chi connectivity index (χ0n) is 10.7. The van der Waals surface area contributed by atoms with E-state index in [9.17, 15) is 8.42 Å². The number of hydrogen-bond donors (Lipinski definition) is 2. The number of rotatable bonds is 2. The van der Waals surface area contributed by atoms with Crippen molar-refractivity contribution < 1.29 is 8.42 Å². The molecule has 0 saturated carbocycles. The van der Waals surface area contributed by atoms with Gasteiger partial charge in [0.15, 0.2) is 0 Å². The third-order valence-electron chi connectivity index (χ3n) is 2.62. The van der Waals surface area contributed by atoms with Crippen LogP contribution in [0.15, 0.2) is 28.1 Å². The molecule has 1 aromatic carbocycles. The highest BCUT2D eigenvalue weighted by Gasteiger charge is 2.26. The fourth-order valence-corrected chi connectivity index (χ4v) is 2.95. The van der Waals surface area contributed by atoms with E-state index in [4.69, 9.17) is 0 Å². The summed E-state index contributed by atoms with van der Waals surface area (Å²) in [5.74, 6) is 0.279. The first-order chi connectivity index (χ1) is 8.42. The van der Waals surface area contributed by atoms with Crippen molar-refractivity contribution in [3.63, 3.8) is 0 Å². The maximum Gasteiger partial charge on any atom is 0.266 e. The number of hydrogen-bond acceptors (Lipinski definition) is 3. The SMILES string of the molecule is CCc1ccc2c(c1)S(=O)(=O)NC(=NC(C)C)N2. The Bertz CT molecular complexity index is 591. The molecule has 0 spiro atoms. The van der Waals surface area contributed by atoms with Crippen LogP contribution in [0.3, 0.4) is 0 Å². The van der Waals surface area contributed by atoms with Crippen molar-refractivity contribution in [3.05, 3.63) is 23.8 Å². The first-order valence-corrected chi connectivity index (χ1v) is 7.41. The highest BCUT2D eigenvalue weighted by atomic mass is 32.2. The van der Waals surface area contributed by atoms with Crippen LogP contribution < -0.4 is 10.0 Å². The van der Waals surface area contributed by atoms with Crippen LogP contribution in [0.25, 0.3) is 0 Å². The molecule has 0 unspecified atom stereocenters. The van der Waals surface area contributed by atoms with Crippen molar-refractivity contribution >= 4 is 21.7 Å². The van der Waals surface area contributed by atoms with E-state index in [0.29, 0.717) is 5.69 Å². The lowest BCUT2D eigenvalue weighted by molar-refractivity contribution is 0.591. The molecule has 1 aliphatic heterocycles. The Kier molecular flexibility index (Phi) is 3.30. The molecule has 0 bridgehead atoms. The van der Waals surface area contributed by atoms with Crippen LogP contribution in [0.1, 0.15) is 26.3 Å².